The Morgan fingerprint density at radius 1 is 1.10 bits per heavy atom. The third-order valence-corrected chi connectivity index (χ3v) is 4.72. The van der Waals surface area contributed by atoms with Crippen molar-refractivity contribution in [3.63, 3.8) is 0 Å². The van der Waals surface area contributed by atoms with E-state index in [1.807, 2.05) is 23.6 Å². The van der Waals surface area contributed by atoms with E-state index in [0.29, 0.717) is 12.0 Å². The molecule has 1 aromatic carbocycles. The van der Waals surface area contributed by atoms with Crippen LogP contribution in [0.2, 0.25) is 0 Å². The molecular formula is C18H20N2S. The molecule has 3 heteroatoms. The molecule has 0 aliphatic heterocycles. The van der Waals surface area contributed by atoms with E-state index in [4.69, 9.17) is 0 Å². The topological polar surface area (TPSA) is 24.9 Å². The van der Waals surface area contributed by atoms with Crippen molar-refractivity contribution in [2.24, 2.45) is 5.92 Å². The van der Waals surface area contributed by atoms with E-state index in [9.17, 15) is 0 Å². The summed E-state index contributed by atoms with van der Waals surface area (Å²) in [4.78, 5) is 5.83. The second-order valence-electron chi connectivity index (χ2n) is 5.61. The summed E-state index contributed by atoms with van der Waals surface area (Å²) >= 11 is 1.82. The van der Waals surface area contributed by atoms with Gasteiger partial charge >= 0.3 is 0 Å². The average molecular weight is 296 g/mol. The first kappa shape index (κ1) is 14.2. The molecule has 0 aliphatic carbocycles. The van der Waals surface area contributed by atoms with Crippen molar-refractivity contribution < 1.29 is 0 Å². The number of hydrogen-bond acceptors (Lipinski definition) is 3. The summed E-state index contributed by atoms with van der Waals surface area (Å²) in [5.74, 6) is 0.566. The summed E-state index contributed by atoms with van der Waals surface area (Å²) in [6, 6.07) is 15.2. The number of benzene rings is 1. The fraction of sp³-hybridized carbons (Fsp3) is 0.278. The molecule has 3 rings (SSSR count). The lowest BCUT2D eigenvalue weighted by molar-refractivity contribution is 0.417. The van der Waals surface area contributed by atoms with Gasteiger partial charge in [0.05, 0.1) is 5.52 Å². The predicted octanol–water partition coefficient (Wildman–Crippen LogP) is 4.78. The highest BCUT2D eigenvalue weighted by atomic mass is 32.1. The fourth-order valence-corrected chi connectivity index (χ4v) is 3.64. The lowest BCUT2D eigenvalue weighted by Gasteiger charge is -2.21. The van der Waals surface area contributed by atoms with Gasteiger partial charge in [-0.3, -0.25) is 4.98 Å². The van der Waals surface area contributed by atoms with Gasteiger partial charge in [-0.25, -0.2) is 0 Å². The number of nitrogens with one attached hydrogen (secondary N) is 1. The first-order chi connectivity index (χ1) is 10.3. The van der Waals surface area contributed by atoms with Gasteiger partial charge in [0.25, 0.3) is 0 Å². The highest BCUT2D eigenvalue weighted by Crippen LogP contribution is 2.26. The highest BCUT2D eigenvalue weighted by Gasteiger charge is 2.16. The van der Waals surface area contributed by atoms with Crippen LogP contribution in [0.3, 0.4) is 0 Å². The monoisotopic (exact) mass is 296 g/mol. The standard InChI is InChI=1S/C18H20N2S/c1-13(2)18(17-8-5-11-21-17)20-12-14-9-10-19-16-7-4-3-6-15(14)16/h3-11,13,18,20H,12H2,1-2H3. The second-order valence-corrected chi connectivity index (χ2v) is 6.58. The minimum atomic E-state index is 0.400. The third-order valence-electron chi connectivity index (χ3n) is 3.77. The lowest BCUT2D eigenvalue weighted by Crippen LogP contribution is -2.24. The van der Waals surface area contributed by atoms with Crippen LogP contribution < -0.4 is 5.32 Å². The maximum atomic E-state index is 4.43. The molecule has 2 aromatic heterocycles. The van der Waals surface area contributed by atoms with E-state index in [-0.39, 0.29) is 0 Å². The Balaban J connectivity index is 1.82. The Bertz CT molecular complexity index is 699. The summed E-state index contributed by atoms with van der Waals surface area (Å²) < 4.78 is 0. The quantitative estimate of drug-likeness (QED) is 0.732. The van der Waals surface area contributed by atoms with Gasteiger partial charge in [-0.15, -0.1) is 11.3 Å². The SMILES string of the molecule is CC(C)C(NCc1ccnc2ccccc12)c1cccs1. The molecule has 21 heavy (non-hydrogen) atoms. The van der Waals surface area contributed by atoms with Crippen LogP contribution in [0.15, 0.2) is 54.0 Å². The van der Waals surface area contributed by atoms with Gasteiger partial charge in [0, 0.05) is 29.0 Å². The minimum absolute atomic E-state index is 0.400. The summed E-state index contributed by atoms with van der Waals surface area (Å²) in [6.07, 6.45) is 1.90. The van der Waals surface area contributed by atoms with E-state index in [0.717, 1.165) is 12.1 Å². The molecule has 2 nitrogen and oxygen atoms in total. The molecule has 1 unspecified atom stereocenters. The predicted molar refractivity (Wildman–Crippen MR) is 90.5 cm³/mol. The Morgan fingerprint density at radius 2 is 1.95 bits per heavy atom. The lowest BCUT2D eigenvalue weighted by atomic mass is 10.0. The maximum Gasteiger partial charge on any atom is 0.0705 e. The summed E-state index contributed by atoms with van der Waals surface area (Å²) in [7, 11) is 0. The van der Waals surface area contributed by atoms with E-state index in [2.05, 4.69) is 65.9 Å². The Kier molecular flexibility index (Phi) is 4.32. The number of hydrogen-bond donors (Lipinski definition) is 1. The molecule has 0 bridgehead atoms. The minimum Gasteiger partial charge on any atom is -0.305 e. The number of rotatable bonds is 5. The van der Waals surface area contributed by atoms with Gasteiger partial charge < -0.3 is 5.32 Å². The molecule has 0 aliphatic rings. The van der Waals surface area contributed by atoms with Crippen LogP contribution in [0.1, 0.15) is 30.3 Å². The number of thiophene rings is 1. The molecule has 108 valence electrons. The molecule has 2 heterocycles. The van der Waals surface area contributed by atoms with Crippen molar-refractivity contribution in [3.8, 4) is 0 Å². The molecule has 3 aromatic rings. The van der Waals surface area contributed by atoms with Crippen LogP contribution >= 0.6 is 11.3 Å². The summed E-state index contributed by atoms with van der Waals surface area (Å²) in [5, 5.41) is 7.10. The van der Waals surface area contributed by atoms with Crippen molar-refractivity contribution in [3.05, 3.63) is 64.5 Å². The molecule has 0 radical (unpaired) electrons. The number of nitrogens with zero attached hydrogens (tertiary/aromatic N) is 1. The van der Waals surface area contributed by atoms with Crippen molar-refractivity contribution >= 4 is 22.2 Å². The van der Waals surface area contributed by atoms with Crippen LogP contribution in [-0.4, -0.2) is 4.98 Å². The van der Waals surface area contributed by atoms with Gasteiger partial charge in [-0.05, 0) is 35.1 Å². The third kappa shape index (κ3) is 3.14. The second kappa shape index (κ2) is 6.37. The number of pyridine rings is 1. The molecular weight excluding hydrogens is 276 g/mol. The zero-order chi connectivity index (χ0) is 14.7. The summed E-state index contributed by atoms with van der Waals surface area (Å²) in [5.41, 5.74) is 2.37. The molecule has 0 saturated carbocycles. The molecule has 0 saturated heterocycles. The Labute approximate surface area is 129 Å². The largest absolute Gasteiger partial charge is 0.305 e. The molecule has 0 spiro atoms. The molecule has 0 amide bonds. The van der Waals surface area contributed by atoms with Gasteiger partial charge in [0.15, 0.2) is 0 Å². The van der Waals surface area contributed by atoms with Crippen LogP contribution in [0.5, 0.6) is 0 Å². The van der Waals surface area contributed by atoms with Gasteiger partial charge in [0.1, 0.15) is 0 Å². The fourth-order valence-electron chi connectivity index (χ4n) is 2.66. The van der Waals surface area contributed by atoms with Crippen LogP contribution in [-0.2, 0) is 6.54 Å². The van der Waals surface area contributed by atoms with Crippen LogP contribution in [0, 0.1) is 5.92 Å². The number of aromatic nitrogens is 1. The molecule has 0 fully saturated rings. The molecule has 1 N–H and O–H groups in total. The Morgan fingerprint density at radius 3 is 2.71 bits per heavy atom. The summed E-state index contributed by atoms with van der Waals surface area (Å²) in [6.45, 7) is 5.40. The first-order valence-electron chi connectivity index (χ1n) is 7.35. The van der Waals surface area contributed by atoms with E-state index >= 15 is 0 Å². The van der Waals surface area contributed by atoms with Crippen molar-refractivity contribution in [2.45, 2.75) is 26.4 Å². The Hall–Kier alpha value is -1.71. The number of fused-ring (bicyclic) bond motifs is 1. The van der Waals surface area contributed by atoms with E-state index < -0.39 is 0 Å². The zero-order valence-electron chi connectivity index (χ0n) is 12.4. The van der Waals surface area contributed by atoms with Crippen LogP contribution in [0.4, 0.5) is 0 Å². The smallest absolute Gasteiger partial charge is 0.0705 e. The normalized spacial score (nSPS) is 12.9. The van der Waals surface area contributed by atoms with E-state index in [1.165, 1.54) is 15.8 Å². The van der Waals surface area contributed by atoms with Crippen molar-refractivity contribution in [1.82, 2.24) is 10.3 Å². The van der Waals surface area contributed by atoms with Gasteiger partial charge in [0.2, 0.25) is 0 Å². The van der Waals surface area contributed by atoms with Crippen LogP contribution in [0.25, 0.3) is 10.9 Å². The maximum absolute atomic E-state index is 4.43. The highest BCUT2D eigenvalue weighted by molar-refractivity contribution is 7.10. The number of para-hydroxylation sites is 1. The van der Waals surface area contributed by atoms with Gasteiger partial charge in [-0.1, -0.05) is 38.1 Å². The zero-order valence-corrected chi connectivity index (χ0v) is 13.2. The average Bonchev–Trinajstić information content (AvgIpc) is 3.01. The molecule has 1 atom stereocenters. The van der Waals surface area contributed by atoms with Crippen molar-refractivity contribution in [1.29, 1.82) is 0 Å². The van der Waals surface area contributed by atoms with Crippen molar-refractivity contribution in [2.75, 3.05) is 0 Å². The first-order valence-corrected chi connectivity index (χ1v) is 8.23. The van der Waals surface area contributed by atoms with Gasteiger partial charge in [-0.2, -0.15) is 0 Å². The van der Waals surface area contributed by atoms with E-state index in [1.54, 1.807) is 0 Å².